The lowest BCUT2D eigenvalue weighted by Crippen LogP contribution is -2.07. The van der Waals surface area contributed by atoms with Gasteiger partial charge in [0.1, 0.15) is 17.9 Å². The second-order valence-electron chi connectivity index (χ2n) is 4.30. The highest BCUT2D eigenvalue weighted by Crippen LogP contribution is 2.24. The SMILES string of the molecule is COC(=O)c1ccc(N)cc1OCc1ccccc1C#N. The molecule has 0 spiro atoms. The smallest absolute Gasteiger partial charge is 0.341 e. The molecule has 0 saturated carbocycles. The molecule has 5 heteroatoms. The lowest BCUT2D eigenvalue weighted by Gasteiger charge is -2.11. The van der Waals surface area contributed by atoms with Crippen molar-refractivity contribution in [2.75, 3.05) is 12.8 Å². The van der Waals surface area contributed by atoms with Crippen LogP contribution >= 0.6 is 0 Å². The van der Waals surface area contributed by atoms with Crippen molar-refractivity contribution < 1.29 is 14.3 Å². The number of nitriles is 1. The van der Waals surface area contributed by atoms with Gasteiger partial charge >= 0.3 is 5.97 Å². The van der Waals surface area contributed by atoms with Gasteiger partial charge in [0.05, 0.1) is 18.7 Å². The number of esters is 1. The first kappa shape index (κ1) is 14.4. The summed E-state index contributed by atoms with van der Waals surface area (Å²) in [6.45, 7) is 0.164. The molecule has 0 aromatic heterocycles. The third kappa shape index (κ3) is 3.31. The molecule has 2 aromatic carbocycles. The fourth-order valence-electron chi connectivity index (χ4n) is 1.85. The lowest BCUT2D eigenvalue weighted by atomic mass is 10.1. The predicted molar refractivity (Wildman–Crippen MR) is 77.7 cm³/mol. The zero-order chi connectivity index (χ0) is 15.2. The standard InChI is InChI=1S/C16H14N2O3/c1-20-16(19)14-7-6-13(18)8-15(14)21-10-12-5-3-2-4-11(12)9-17/h2-8H,10,18H2,1H3. The molecule has 21 heavy (non-hydrogen) atoms. The van der Waals surface area contributed by atoms with Crippen molar-refractivity contribution in [3.63, 3.8) is 0 Å². The number of nitrogens with two attached hydrogens (primary N) is 1. The molecule has 0 saturated heterocycles. The highest BCUT2D eigenvalue weighted by Gasteiger charge is 2.14. The zero-order valence-electron chi connectivity index (χ0n) is 11.5. The number of carbonyl (C=O) groups excluding carboxylic acids is 1. The van der Waals surface area contributed by atoms with Crippen LogP contribution in [0.15, 0.2) is 42.5 Å². The molecule has 106 valence electrons. The number of methoxy groups -OCH3 is 1. The first-order valence-electron chi connectivity index (χ1n) is 6.24. The van der Waals surface area contributed by atoms with Crippen LogP contribution in [0, 0.1) is 11.3 Å². The Morgan fingerprint density at radius 2 is 2.05 bits per heavy atom. The van der Waals surface area contributed by atoms with Crippen molar-refractivity contribution in [2.45, 2.75) is 6.61 Å². The van der Waals surface area contributed by atoms with Crippen LogP contribution in [-0.2, 0) is 11.3 Å². The molecule has 2 N–H and O–H groups in total. The summed E-state index contributed by atoms with van der Waals surface area (Å²) in [4.78, 5) is 11.7. The Morgan fingerprint density at radius 1 is 1.29 bits per heavy atom. The Morgan fingerprint density at radius 3 is 2.76 bits per heavy atom. The summed E-state index contributed by atoms with van der Waals surface area (Å²) >= 11 is 0. The molecule has 0 heterocycles. The second-order valence-corrected chi connectivity index (χ2v) is 4.30. The molecule has 0 aliphatic rings. The predicted octanol–water partition coefficient (Wildman–Crippen LogP) is 2.51. The van der Waals surface area contributed by atoms with Crippen molar-refractivity contribution in [3.8, 4) is 11.8 Å². The molecule has 0 fully saturated rings. The summed E-state index contributed by atoms with van der Waals surface area (Å²) in [7, 11) is 1.30. The van der Waals surface area contributed by atoms with Gasteiger partial charge in [-0.25, -0.2) is 4.79 Å². The Kier molecular flexibility index (Phi) is 4.42. The van der Waals surface area contributed by atoms with Crippen LogP contribution in [0.3, 0.4) is 0 Å². The van der Waals surface area contributed by atoms with Crippen LogP contribution in [0.2, 0.25) is 0 Å². The first-order chi connectivity index (χ1) is 10.2. The highest BCUT2D eigenvalue weighted by molar-refractivity contribution is 5.93. The van der Waals surface area contributed by atoms with E-state index in [1.165, 1.54) is 7.11 Å². The van der Waals surface area contributed by atoms with E-state index in [0.29, 0.717) is 22.6 Å². The number of anilines is 1. The summed E-state index contributed by atoms with van der Waals surface area (Å²) in [5.41, 5.74) is 7.74. The molecule has 2 aromatic rings. The summed E-state index contributed by atoms with van der Waals surface area (Å²) in [5.74, 6) is -0.173. The van der Waals surface area contributed by atoms with Crippen molar-refractivity contribution in [2.24, 2.45) is 0 Å². The van der Waals surface area contributed by atoms with Gasteiger partial charge in [0.2, 0.25) is 0 Å². The van der Waals surface area contributed by atoms with Crippen LogP contribution in [0.5, 0.6) is 5.75 Å². The minimum atomic E-state index is -0.501. The Hall–Kier alpha value is -3.00. The minimum Gasteiger partial charge on any atom is -0.488 e. The molecule has 2 rings (SSSR count). The summed E-state index contributed by atoms with van der Waals surface area (Å²) in [6.07, 6.45) is 0. The fourth-order valence-corrected chi connectivity index (χ4v) is 1.85. The number of hydrogen-bond donors (Lipinski definition) is 1. The number of benzene rings is 2. The van der Waals surface area contributed by atoms with E-state index in [4.69, 9.17) is 20.5 Å². The van der Waals surface area contributed by atoms with Crippen LogP contribution in [0.25, 0.3) is 0 Å². The molecule has 0 aliphatic carbocycles. The van der Waals surface area contributed by atoms with E-state index in [-0.39, 0.29) is 6.61 Å². The van der Waals surface area contributed by atoms with E-state index >= 15 is 0 Å². The Balaban J connectivity index is 2.26. The number of rotatable bonds is 4. The maximum absolute atomic E-state index is 11.7. The average molecular weight is 282 g/mol. The number of carbonyl (C=O) groups is 1. The van der Waals surface area contributed by atoms with Gasteiger partial charge in [-0.3, -0.25) is 0 Å². The van der Waals surface area contributed by atoms with E-state index in [2.05, 4.69) is 6.07 Å². The van der Waals surface area contributed by atoms with Crippen LogP contribution in [0.1, 0.15) is 21.5 Å². The third-order valence-corrected chi connectivity index (χ3v) is 2.93. The largest absolute Gasteiger partial charge is 0.488 e. The van der Waals surface area contributed by atoms with E-state index < -0.39 is 5.97 Å². The van der Waals surface area contributed by atoms with Crippen molar-refractivity contribution in [3.05, 3.63) is 59.2 Å². The monoisotopic (exact) mass is 282 g/mol. The van der Waals surface area contributed by atoms with Crippen molar-refractivity contribution >= 4 is 11.7 Å². The van der Waals surface area contributed by atoms with Gasteiger partial charge in [-0.1, -0.05) is 18.2 Å². The molecular weight excluding hydrogens is 268 g/mol. The summed E-state index contributed by atoms with van der Waals surface area (Å²) < 4.78 is 10.3. The first-order valence-corrected chi connectivity index (χ1v) is 6.24. The Labute approximate surface area is 122 Å². The van der Waals surface area contributed by atoms with Crippen molar-refractivity contribution in [1.82, 2.24) is 0 Å². The number of hydrogen-bond acceptors (Lipinski definition) is 5. The van der Waals surface area contributed by atoms with Crippen LogP contribution < -0.4 is 10.5 Å². The lowest BCUT2D eigenvalue weighted by molar-refractivity contribution is 0.0595. The molecule has 0 amide bonds. The molecule has 5 nitrogen and oxygen atoms in total. The van der Waals surface area contributed by atoms with Gasteiger partial charge < -0.3 is 15.2 Å². The molecule has 0 radical (unpaired) electrons. The summed E-state index contributed by atoms with van der Waals surface area (Å²) in [6, 6.07) is 13.9. The average Bonchev–Trinajstić information content (AvgIpc) is 2.52. The van der Waals surface area contributed by atoms with Gasteiger partial charge in [-0.2, -0.15) is 5.26 Å². The second kappa shape index (κ2) is 6.44. The van der Waals surface area contributed by atoms with E-state index in [9.17, 15) is 4.79 Å². The molecule has 0 unspecified atom stereocenters. The number of ether oxygens (including phenoxy) is 2. The van der Waals surface area contributed by atoms with Gasteiger partial charge in [0.25, 0.3) is 0 Å². The molecular formula is C16H14N2O3. The summed E-state index contributed by atoms with van der Waals surface area (Å²) in [5, 5.41) is 9.04. The van der Waals surface area contributed by atoms with Gasteiger partial charge in [-0.05, 0) is 18.2 Å². The van der Waals surface area contributed by atoms with E-state index in [1.807, 2.05) is 6.07 Å². The normalized spacial score (nSPS) is 9.71. The van der Waals surface area contributed by atoms with Gasteiger partial charge in [0, 0.05) is 17.3 Å². The van der Waals surface area contributed by atoms with Crippen LogP contribution in [-0.4, -0.2) is 13.1 Å². The Bertz CT molecular complexity index is 705. The molecule has 0 aliphatic heterocycles. The van der Waals surface area contributed by atoms with Crippen molar-refractivity contribution in [1.29, 1.82) is 5.26 Å². The third-order valence-electron chi connectivity index (χ3n) is 2.93. The zero-order valence-corrected chi connectivity index (χ0v) is 11.5. The van der Waals surface area contributed by atoms with E-state index in [1.54, 1.807) is 36.4 Å². The van der Waals surface area contributed by atoms with Crippen LogP contribution in [0.4, 0.5) is 5.69 Å². The number of nitrogens with zero attached hydrogens (tertiary/aromatic N) is 1. The van der Waals surface area contributed by atoms with Gasteiger partial charge in [0.15, 0.2) is 0 Å². The molecule has 0 atom stereocenters. The maximum atomic E-state index is 11.7. The number of nitrogen functional groups attached to an aromatic ring is 1. The highest BCUT2D eigenvalue weighted by atomic mass is 16.5. The van der Waals surface area contributed by atoms with Gasteiger partial charge in [-0.15, -0.1) is 0 Å². The topological polar surface area (TPSA) is 85.3 Å². The van der Waals surface area contributed by atoms with E-state index in [0.717, 1.165) is 5.56 Å². The minimum absolute atomic E-state index is 0.164. The maximum Gasteiger partial charge on any atom is 0.341 e. The molecule has 0 bridgehead atoms. The fraction of sp³-hybridized carbons (Fsp3) is 0.125. The quantitative estimate of drug-likeness (QED) is 0.688.